The highest BCUT2D eigenvalue weighted by atomic mass is 32.2. The van der Waals surface area contributed by atoms with Gasteiger partial charge in [-0.1, -0.05) is 37.6 Å². The van der Waals surface area contributed by atoms with E-state index in [9.17, 15) is 13.2 Å². The molecule has 1 fully saturated rings. The van der Waals surface area contributed by atoms with Gasteiger partial charge >= 0.3 is 0 Å². The van der Waals surface area contributed by atoms with E-state index in [4.69, 9.17) is 0 Å². The van der Waals surface area contributed by atoms with Crippen LogP contribution in [0, 0.1) is 6.92 Å². The van der Waals surface area contributed by atoms with Crippen LogP contribution in [0.15, 0.2) is 41.3 Å². The predicted octanol–water partition coefficient (Wildman–Crippen LogP) is 4.93. The molecule has 2 aromatic rings. The second-order valence-electron chi connectivity index (χ2n) is 9.11. The monoisotopic (exact) mass is 454 g/mol. The average molecular weight is 455 g/mol. The van der Waals surface area contributed by atoms with Crippen LogP contribution in [0.3, 0.4) is 0 Å². The fraction of sp³-hybridized carbons (Fsp3) is 0.500. The van der Waals surface area contributed by atoms with Gasteiger partial charge in [-0.2, -0.15) is 4.31 Å². The van der Waals surface area contributed by atoms with Crippen molar-refractivity contribution in [2.75, 3.05) is 13.1 Å². The standard InChI is InChI=1S/C26H34N2O3S/c1-3-25(22-13-12-20-9-5-6-10-21(20)17-22)27-26(29)24-18-23(14-11-19(24)2)32(30,31)28-15-7-4-8-16-28/h11-14,17-18,25H,3-10,15-16H2,1-2H3,(H,27,29)/t25-/m0/s1. The third-order valence-electron chi connectivity index (χ3n) is 6.89. The number of carbonyl (C=O) groups excluding carboxylic acids is 1. The number of hydrogen-bond acceptors (Lipinski definition) is 3. The van der Waals surface area contributed by atoms with Crippen molar-refractivity contribution < 1.29 is 13.2 Å². The lowest BCUT2D eigenvalue weighted by molar-refractivity contribution is 0.0934. The van der Waals surface area contributed by atoms with Gasteiger partial charge in [0.05, 0.1) is 10.9 Å². The number of hydrogen-bond donors (Lipinski definition) is 1. The normalized spacial score (nSPS) is 18.1. The highest BCUT2D eigenvalue weighted by Crippen LogP contribution is 2.27. The molecule has 0 aromatic heterocycles. The maximum atomic E-state index is 13.2. The van der Waals surface area contributed by atoms with Gasteiger partial charge in [0.1, 0.15) is 0 Å². The van der Waals surface area contributed by atoms with Crippen LogP contribution in [-0.4, -0.2) is 31.7 Å². The molecule has 2 aromatic carbocycles. The minimum absolute atomic E-state index is 0.100. The zero-order valence-corrected chi connectivity index (χ0v) is 20.0. The van der Waals surface area contributed by atoms with Crippen molar-refractivity contribution in [2.24, 2.45) is 0 Å². The Bertz CT molecular complexity index is 1090. The molecule has 1 saturated heterocycles. The van der Waals surface area contributed by atoms with Crippen LogP contribution in [0.4, 0.5) is 0 Å². The molecule has 0 unspecified atom stereocenters. The van der Waals surface area contributed by atoms with Crippen molar-refractivity contribution in [3.8, 4) is 0 Å². The number of sulfonamides is 1. The minimum Gasteiger partial charge on any atom is -0.345 e. The molecular weight excluding hydrogens is 420 g/mol. The molecule has 32 heavy (non-hydrogen) atoms. The molecular formula is C26H34N2O3S. The smallest absolute Gasteiger partial charge is 0.252 e. The Morgan fingerprint density at radius 1 is 0.969 bits per heavy atom. The number of piperidine rings is 1. The minimum atomic E-state index is -3.58. The molecule has 1 aliphatic carbocycles. The molecule has 6 heteroatoms. The van der Waals surface area contributed by atoms with Crippen LogP contribution in [0.25, 0.3) is 0 Å². The van der Waals surface area contributed by atoms with E-state index < -0.39 is 10.0 Å². The first-order valence-electron chi connectivity index (χ1n) is 11.9. The van der Waals surface area contributed by atoms with Crippen molar-refractivity contribution in [1.29, 1.82) is 0 Å². The number of rotatable bonds is 6. The van der Waals surface area contributed by atoms with E-state index in [1.807, 2.05) is 6.92 Å². The van der Waals surface area contributed by atoms with Crippen molar-refractivity contribution in [3.63, 3.8) is 0 Å². The maximum Gasteiger partial charge on any atom is 0.252 e. The van der Waals surface area contributed by atoms with E-state index in [2.05, 4.69) is 30.4 Å². The lowest BCUT2D eigenvalue weighted by Gasteiger charge is -2.26. The predicted molar refractivity (Wildman–Crippen MR) is 127 cm³/mol. The number of nitrogens with one attached hydrogen (secondary N) is 1. The van der Waals surface area contributed by atoms with Gasteiger partial charge in [-0.05, 0) is 86.3 Å². The molecule has 4 rings (SSSR count). The molecule has 0 radical (unpaired) electrons. The summed E-state index contributed by atoms with van der Waals surface area (Å²) in [4.78, 5) is 13.4. The third kappa shape index (κ3) is 4.76. The van der Waals surface area contributed by atoms with Crippen LogP contribution in [0.5, 0.6) is 0 Å². The van der Waals surface area contributed by atoms with Gasteiger partial charge in [-0.25, -0.2) is 8.42 Å². The average Bonchev–Trinajstić information content (AvgIpc) is 2.82. The Labute approximate surface area is 192 Å². The van der Waals surface area contributed by atoms with Gasteiger partial charge in [0.25, 0.3) is 5.91 Å². The fourth-order valence-corrected chi connectivity index (χ4v) is 6.43. The molecule has 172 valence electrons. The third-order valence-corrected chi connectivity index (χ3v) is 8.79. The lowest BCUT2D eigenvalue weighted by Crippen LogP contribution is -2.36. The molecule has 0 spiro atoms. The summed E-state index contributed by atoms with van der Waals surface area (Å²) in [6, 6.07) is 11.4. The van der Waals surface area contributed by atoms with Gasteiger partial charge in [0.15, 0.2) is 0 Å². The second-order valence-corrected chi connectivity index (χ2v) is 11.0. The van der Waals surface area contributed by atoms with E-state index in [1.54, 1.807) is 22.5 Å². The summed E-state index contributed by atoms with van der Waals surface area (Å²) >= 11 is 0. The molecule has 1 amide bonds. The molecule has 1 aliphatic heterocycles. The van der Waals surface area contributed by atoms with Crippen molar-refractivity contribution >= 4 is 15.9 Å². The lowest BCUT2D eigenvalue weighted by atomic mass is 9.88. The summed E-state index contributed by atoms with van der Waals surface area (Å²) in [5, 5.41) is 3.16. The number of benzene rings is 2. The van der Waals surface area contributed by atoms with E-state index in [0.29, 0.717) is 18.7 Å². The summed E-state index contributed by atoms with van der Waals surface area (Å²) in [5.41, 5.74) is 5.15. The van der Waals surface area contributed by atoms with Crippen molar-refractivity contribution in [2.45, 2.75) is 76.2 Å². The van der Waals surface area contributed by atoms with E-state index >= 15 is 0 Å². The molecule has 0 bridgehead atoms. The second kappa shape index (κ2) is 9.75. The van der Waals surface area contributed by atoms with Gasteiger partial charge in [0.2, 0.25) is 10.0 Å². The first-order valence-corrected chi connectivity index (χ1v) is 13.4. The summed E-state index contributed by atoms with van der Waals surface area (Å²) in [5.74, 6) is -0.220. The number of carbonyl (C=O) groups is 1. The molecule has 2 aliphatic rings. The van der Waals surface area contributed by atoms with Gasteiger partial charge in [-0.3, -0.25) is 4.79 Å². The van der Waals surface area contributed by atoms with Crippen LogP contribution in [0.1, 0.15) is 84.1 Å². The number of fused-ring (bicyclic) bond motifs is 1. The number of amides is 1. The molecule has 1 N–H and O–H groups in total. The van der Waals surface area contributed by atoms with Crippen LogP contribution in [0.2, 0.25) is 0 Å². The Balaban J connectivity index is 1.56. The molecule has 1 heterocycles. The summed E-state index contributed by atoms with van der Waals surface area (Å²) in [6.45, 7) is 5.02. The summed E-state index contributed by atoms with van der Waals surface area (Å²) in [6.07, 6.45) is 8.31. The molecule has 5 nitrogen and oxygen atoms in total. The highest BCUT2D eigenvalue weighted by molar-refractivity contribution is 7.89. The van der Waals surface area contributed by atoms with E-state index in [-0.39, 0.29) is 16.8 Å². The van der Waals surface area contributed by atoms with E-state index in [1.165, 1.54) is 24.0 Å². The van der Waals surface area contributed by atoms with Crippen LogP contribution >= 0.6 is 0 Å². The van der Waals surface area contributed by atoms with Crippen LogP contribution in [-0.2, 0) is 22.9 Å². The SMILES string of the molecule is CC[C@H](NC(=O)c1cc(S(=O)(=O)N2CCCCC2)ccc1C)c1ccc2c(c1)CCCC2. The van der Waals surface area contributed by atoms with Gasteiger partial charge in [-0.15, -0.1) is 0 Å². The Morgan fingerprint density at radius 2 is 1.69 bits per heavy atom. The van der Waals surface area contributed by atoms with Crippen LogP contribution < -0.4 is 5.32 Å². The Kier molecular flexibility index (Phi) is 7.01. The highest BCUT2D eigenvalue weighted by Gasteiger charge is 2.27. The Hall–Kier alpha value is -2.18. The zero-order chi connectivity index (χ0) is 22.7. The van der Waals surface area contributed by atoms with Gasteiger partial charge < -0.3 is 5.32 Å². The first kappa shape index (κ1) is 23.0. The maximum absolute atomic E-state index is 13.2. The largest absolute Gasteiger partial charge is 0.345 e. The van der Waals surface area contributed by atoms with Crippen molar-refractivity contribution in [1.82, 2.24) is 9.62 Å². The summed E-state index contributed by atoms with van der Waals surface area (Å²) in [7, 11) is -3.58. The zero-order valence-electron chi connectivity index (χ0n) is 19.2. The number of aryl methyl sites for hydroxylation is 3. The first-order chi connectivity index (χ1) is 15.4. The van der Waals surface area contributed by atoms with Crippen molar-refractivity contribution in [3.05, 3.63) is 64.2 Å². The van der Waals surface area contributed by atoms with E-state index in [0.717, 1.165) is 49.7 Å². The van der Waals surface area contributed by atoms with Gasteiger partial charge in [0, 0.05) is 18.7 Å². The molecule has 1 atom stereocenters. The fourth-order valence-electron chi connectivity index (χ4n) is 4.89. The number of nitrogens with zero attached hydrogens (tertiary/aromatic N) is 1. The summed E-state index contributed by atoms with van der Waals surface area (Å²) < 4.78 is 27.8. The topological polar surface area (TPSA) is 66.5 Å². The quantitative estimate of drug-likeness (QED) is 0.673. The molecule has 0 saturated carbocycles. The Morgan fingerprint density at radius 3 is 2.41 bits per heavy atom.